The number of carbonyl (C=O) groups excluding carboxylic acids is 1. The van der Waals surface area contributed by atoms with Crippen molar-refractivity contribution in [1.29, 1.82) is 5.41 Å². The summed E-state index contributed by atoms with van der Waals surface area (Å²) in [6, 6.07) is 19.4. The molecule has 2 aromatic rings. The van der Waals surface area contributed by atoms with Gasteiger partial charge in [-0.2, -0.15) is 0 Å². The van der Waals surface area contributed by atoms with Crippen molar-refractivity contribution >= 4 is 11.9 Å². The van der Waals surface area contributed by atoms with Crippen LogP contribution in [0.5, 0.6) is 0 Å². The third-order valence-electron chi connectivity index (χ3n) is 5.09. The Bertz CT molecular complexity index is 717. The Labute approximate surface area is 155 Å². The zero-order chi connectivity index (χ0) is 18.6. The molecule has 0 unspecified atom stereocenters. The first kappa shape index (κ1) is 18.1. The second kappa shape index (κ2) is 7.70. The van der Waals surface area contributed by atoms with E-state index in [0.29, 0.717) is 6.54 Å². The van der Waals surface area contributed by atoms with Crippen LogP contribution in [0.2, 0.25) is 0 Å². The van der Waals surface area contributed by atoms with Gasteiger partial charge in [0, 0.05) is 13.1 Å². The highest BCUT2D eigenvalue weighted by molar-refractivity contribution is 6.10. The number of carbonyl (C=O) groups is 1. The second-order valence-corrected chi connectivity index (χ2v) is 6.44. The summed E-state index contributed by atoms with van der Waals surface area (Å²) < 4.78 is 0. The SMILES string of the molecule is CCN(CC)CCN1C(=N)NC(c2ccccc2)(c2ccccc2)C1=O. The molecule has 0 spiro atoms. The van der Waals surface area contributed by atoms with Gasteiger partial charge in [0.2, 0.25) is 0 Å². The van der Waals surface area contributed by atoms with Crippen molar-refractivity contribution < 1.29 is 4.79 Å². The molecule has 26 heavy (non-hydrogen) atoms. The van der Waals surface area contributed by atoms with Crippen LogP contribution in [0.4, 0.5) is 0 Å². The van der Waals surface area contributed by atoms with Crippen molar-refractivity contribution in [2.75, 3.05) is 26.2 Å². The molecule has 0 aromatic heterocycles. The van der Waals surface area contributed by atoms with E-state index < -0.39 is 5.54 Å². The van der Waals surface area contributed by atoms with Gasteiger partial charge in [-0.05, 0) is 24.2 Å². The Morgan fingerprint density at radius 2 is 1.46 bits per heavy atom. The maximum absolute atomic E-state index is 13.5. The molecular weight excluding hydrogens is 324 g/mol. The van der Waals surface area contributed by atoms with E-state index in [0.717, 1.165) is 30.8 Å². The fraction of sp³-hybridized carbons (Fsp3) is 0.333. The zero-order valence-corrected chi connectivity index (χ0v) is 15.4. The second-order valence-electron chi connectivity index (χ2n) is 6.44. The molecule has 0 aliphatic carbocycles. The maximum atomic E-state index is 13.5. The van der Waals surface area contributed by atoms with Gasteiger partial charge in [-0.15, -0.1) is 0 Å². The van der Waals surface area contributed by atoms with Crippen LogP contribution in [0.25, 0.3) is 0 Å². The third kappa shape index (κ3) is 3.10. The highest BCUT2D eigenvalue weighted by Crippen LogP contribution is 2.35. The number of hydrogen-bond acceptors (Lipinski definition) is 3. The first-order valence-electron chi connectivity index (χ1n) is 9.15. The number of amides is 1. The molecule has 1 saturated heterocycles. The Hall–Kier alpha value is -2.66. The van der Waals surface area contributed by atoms with E-state index in [4.69, 9.17) is 5.41 Å². The van der Waals surface area contributed by atoms with Crippen LogP contribution in [0, 0.1) is 5.41 Å². The van der Waals surface area contributed by atoms with Gasteiger partial charge < -0.3 is 10.2 Å². The standard InChI is InChI=1S/C21H26N4O/c1-3-24(4-2)15-16-25-19(26)21(23-20(25)22,17-11-7-5-8-12-17)18-13-9-6-10-14-18/h5-14H,3-4,15-16H2,1-2H3,(H2,22,23). The normalized spacial score (nSPS) is 16.2. The van der Waals surface area contributed by atoms with E-state index in [2.05, 4.69) is 24.1 Å². The monoisotopic (exact) mass is 350 g/mol. The summed E-state index contributed by atoms with van der Waals surface area (Å²) in [6.45, 7) is 7.34. The first-order valence-corrected chi connectivity index (χ1v) is 9.15. The molecule has 136 valence electrons. The summed E-state index contributed by atoms with van der Waals surface area (Å²) in [4.78, 5) is 17.4. The van der Waals surface area contributed by atoms with Crippen molar-refractivity contribution in [2.45, 2.75) is 19.4 Å². The van der Waals surface area contributed by atoms with E-state index in [1.807, 2.05) is 60.7 Å². The Balaban J connectivity index is 1.99. The molecule has 0 radical (unpaired) electrons. The lowest BCUT2D eigenvalue weighted by atomic mass is 9.82. The minimum atomic E-state index is -1.04. The van der Waals surface area contributed by atoms with Gasteiger partial charge in [0.1, 0.15) is 0 Å². The lowest BCUT2D eigenvalue weighted by Gasteiger charge is -2.28. The molecule has 1 heterocycles. The van der Waals surface area contributed by atoms with E-state index in [1.165, 1.54) is 0 Å². The van der Waals surface area contributed by atoms with Crippen LogP contribution in [-0.4, -0.2) is 47.8 Å². The average Bonchev–Trinajstić information content (AvgIpc) is 2.95. The summed E-state index contributed by atoms with van der Waals surface area (Å²) in [5.74, 6) is 0.0712. The smallest absolute Gasteiger partial charge is 0.264 e. The van der Waals surface area contributed by atoms with Gasteiger partial charge in [0.25, 0.3) is 5.91 Å². The Kier molecular flexibility index (Phi) is 5.38. The number of likely N-dealkylation sites (N-methyl/N-ethyl adjacent to an activating group) is 1. The van der Waals surface area contributed by atoms with E-state index >= 15 is 0 Å². The molecule has 1 amide bonds. The number of hydrogen-bond donors (Lipinski definition) is 2. The molecule has 2 N–H and O–H groups in total. The summed E-state index contributed by atoms with van der Waals surface area (Å²) >= 11 is 0. The lowest BCUT2D eigenvalue weighted by molar-refractivity contribution is -0.130. The minimum Gasteiger partial charge on any atom is -0.334 e. The third-order valence-corrected chi connectivity index (χ3v) is 5.09. The lowest BCUT2D eigenvalue weighted by Crippen LogP contribution is -2.45. The van der Waals surface area contributed by atoms with Crippen molar-refractivity contribution in [3.8, 4) is 0 Å². The molecule has 2 aromatic carbocycles. The average molecular weight is 350 g/mol. The largest absolute Gasteiger partial charge is 0.334 e. The molecule has 5 heteroatoms. The molecule has 0 bridgehead atoms. The predicted molar refractivity (Wildman–Crippen MR) is 104 cm³/mol. The van der Waals surface area contributed by atoms with Crippen LogP contribution in [-0.2, 0) is 10.3 Å². The maximum Gasteiger partial charge on any atom is 0.264 e. The number of rotatable bonds is 7. The number of benzene rings is 2. The minimum absolute atomic E-state index is 0.0907. The molecule has 1 fully saturated rings. The molecule has 3 rings (SSSR count). The van der Waals surface area contributed by atoms with Crippen LogP contribution >= 0.6 is 0 Å². The van der Waals surface area contributed by atoms with Gasteiger partial charge in [0.05, 0.1) is 0 Å². The van der Waals surface area contributed by atoms with Crippen LogP contribution in [0.1, 0.15) is 25.0 Å². The van der Waals surface area contributed by atoms with Gasteiger partial charge >= 0.3 is 0 Å². The highest BCUT2D eigenvalue weighted by atomic mass is 16.2. The van der Waals surface area contributed by atoms with E-state index in [1.54, 1.807) is 4.90 Å². The molecule has 0 saturated carbocycles. The topological polar surface area (TPSA) is 59.4 Å². The number of nitrogens with zero attached hydrogens (tertiary/aromatic N) is 2. The Morgan fingerprint density at radius 1 is 0.962 bits per heavy atom. The van der Waals surface area contributed by atoms with Gasteiger partial charge in [0.15, 0.2) is 11.5 Å². The van der Waals surface area contributed by atoms with Crippen molar-refractivity contribution in [1.82, 2.24) is 15.1 Å². The fourth-order valence-corrected chi connectivity index (χ4v) is 3.53. The molecular formula is C21H26N4O. The quantitative estimate of drug-likeness (QED) is 0.807. The summed E-state index contributed by atoms with van der Waals surface area (Å²) in [6.07, 6.45) is 0. The summed E-state index contributed by atoms with van der Waals surface area (Å²) in [7, 11) is 0. The number of nitrogens with one attached hydrogen (secondary N) is 2. The first-order chi connectivity index (χ1) is 12.6. The fourth-order valence-electron chi connectivity index (χ4n) is 3.53. The predicted octanol–water partition coefficient (Wildman–Crippen LogP) is 2.64. The van der Waals surface area contributed by atoms with Crippen LogP contribution in [0.15, 0.2) is 60.7 Å². The number of guanidine groups is 1. The van der Waals surface area contributed by atoms with Crippen LogP contribution < -0.4 is 5.32 Å². The van der Waals surface area contributed by atoms with Gasteiger partial charge in [-0.25, -0.2) is 0 Å². The molecule has 0 atom stereocenters. The molecule has 1 aliphatic rings. The van der Waals surface area contributed by atoms with E-state index in [9.17, 15) is 4.79 Å². The Morgan fingerprint density at radius 3 is 1.92 bits per heavy atom. The molecule has 5 nitrogen and oxygen atoms in total. The zero-order valence-electron chi connectivity index (χ0n) is 15.4. The van der Waals surface area contributed by atoms with Crippen molar-refractivity contribution in [3.05, 3.63) is 71.8 Å². The highest BCUT2D eigenvalue weighted by Gasteiger charge is 2.51. The van der Waals surface area contributed by atoms with Gasteiger partial charge in [-0.3, -0.25) is 15.1 Å². The van der Waals surface area contributed by atoms with Crippen LogP contribution in [0.3, 0.4) is 0 Å². The van der Waals surface area contributed by atoms with Crippen molar-refractivity contribution in [2.24, 2.45) is 0 Å². The summed E-state index contributed by atoms with van der Waals surface area (Å²) in [5.41, 5.74) is 0.667. The van der Waals surface area contributed by atoms with Crippen molar-refractivity contribution in [3.63, 3.8) is 0 Å². The van der Waals surface area contributed by atoms with Gasteiger partial charge in [-0.1, -0.05) is 74.5 Å². The molecule has 1 aliphatic heterocycles. The van der Waals surface area contributed by atoms with E-state index in [-0.39, 0.29) is 11.9 Å². The summed E-state index contributed by atoms with van der Waals surface area (Å²) in [5, 5.41) is 11.6.